The molecule has 5 N–H and O–H groups in total. The van der Waals surface area contributed by atoms with Crippen molar-refractivity contribution in [3.63, 3.8) is 0 Å². The Labute approximate surface area is 88.5 Å². The maximum Gasteiger partial charge on any atom is 0.326 e. The second-order valence-electron chi connectivity index (χ2n) is 3.31. The summed E-state index contributed by atoms with van der Waals surface area (Å²) in [6.45, 7) is 1.59. The number of nitrogens with two attached hydrogens (primary N) is 1. The van der Waals surface area contributed by atoms with Crippen LogP contribution in [0, 0.1) is 0 Å². The van der Waals surface area contributed by atoms with Gasteiger partial charge >= 0.3 is 5.97 Å². The molecule has 0 aromatic heterocycles. The number of rotatable bonds is 7. The van der Waals surface area contributed by atoms with Crippen LogP contribution in [0.3, 0.4) is 0 Å². The molecule has 0 rings (SSSR count). The Morgan fingerprint density at radius 1 is 1.40 bits per heavy atom. The molecule has 0 aromatic carbocycles. The van der Waals surface area contributed by atoms with Gasteiger partial charge < -0.3 is 21.3 Å². The summed E-state index contributed by atoms with van der Waals surface area (Å²) < 4.78 is 0. The van der Waals surface area contributed by atoms with Crippen LogP contribution in [0.25, 0.3) is 0 Å². The maximum absolute atomic E-state index is 11.3. The van der Waals surface area contributed by atoms with Crippen LogP contribution in [0.2, 0.25) is 0 Å². The fraction of sp³-hybridized carbons (Fsp3) is 0.778. The minimum absolute atomic E-state index is 0.0140. The Hall–Kier alpha value is -1.14. The number of hydrogen-bond acceptors (Lipinski definition) is 4. The van der Waals surface area contributed by atoms with E-state index in [4.69, 9.17) is 15.9 Å². The third-order valence-electron chi connectivity index (χ3n) is 1.97. The fourth-order valence-corrected chi connectivity index (χ4v) is 1.11. The Bertz CT molecular complexity index is 220. The van der Waals surface area contributed by atoms with Crippen LogP contribution in [0.4, 0.5) is 0 Å². The lowest BCUT2D eigenvalue weighted by atomic mass is 10.1. The molecule has 0 heterocycles. The Morgan fingerprint density at radius 2 is 2.00 bits per heavy atom. The van der Waals surface area contributed by atoms with Crippen LogP contribution in [-0.4, -0.2) is 40.8 Å². The molecule has 1 amide bonds. The third kappa shape index (κ3) is 5.34. The van der Waals surface area contributed by atoms with Gasteiger partial charge in [0.15, 0.2) is 0 Å². The zero-order valence-electron chi connectivity index (χ0n) is 8.77. The number of aliphatic hydroxyl groups is 1. The van der Waals surface area contributed by atoms with Crippen molar-refractivity contribution in [2.75, 3.05) is 6.61 Å². The second kappa shape index (κ2) is 7.19. The summed E-state index contributed by atoms with van der Waals surface area (Å²) >= 11 is 0. The molecule has 2 atom stereocenters. The minimum Gasteiger partial charge on any atom is -0.480 e. The lowest BCUT2D eigenvalue weighted by molar-refractivity contribution is -0.142. The van der Waals surface area contributed by atoms with Crippen molar-refractivity contribution in [1.82, 2.24) is 5.32 Å². The molecule has 0 saturated heterocycles. The van der Waals surface area contributed by atoms with E-state index in [-0.39, 0.29) is 13.0 Å². The Balaban J connectivity index is 4.15. The smallest absolute Gasteiger partial charge is 0.326 e. The summed E-state index contributed by atoms with van der Waals surface area (Å²) in [5.74, 6) is -1.65. The van der Waals surface area contributed by atoms with E-state index in [1.54, 1.807) is 0 Å². The zero-order valence-corrected chi connectivity index (χ0v) is 8.77. The van der Waals surface area contributed by atoms with Gasteiger partial charge in [0.05, 0.1) is 6.04 Å². The fourth-order valence-electron chi connectivity index (χ4n) is 1.11. The highest BCUT2D eigenvalue weighted by molar-refractivity contribution is 5.86. The minimum atomic E-state index is -1.17. The van der Waals surface area contributed by atoms with E-state index in [1.807, 2.05) is 6.92 Å². The van der Waals surface area contributed by atoms with Crippen LogP contribution in [0.5, 0.6) is 0 Å². The first-order valence-corrected chi connectivity index (χ1v) is 4.92. The summed E-state index contributed by atoms with van der Waals surface area (Å²) in [5.41, 5.74) is 5.50. The van der Waals surface area contributed by atoms with Gasteiger partial charge in [0.2, 0.25) is 5.91 Å². The van der Waals surface area contributed by atoms with Crippen LogP contribution >= 0.6 is 0 Å². The van der Waals surface area contributed by atoms with Crippen molar-refractivity contribution < 1.29 is 19.8 Å². The molecule has 0 aliphatic rings. The quantitative estimate of drug-likeness (QED) is 0.441. The number of carboxylic acid groups (broad SMARTS) is 1. The molecule has 0 radical (unpaired) electrons. The van der Waals surface area contributed by atoms with E-state index >= 15 is 0 Å². The van der Waals surface area contributed by atoms with Crippen molar-refractivity contribution in [3.05, 3.63) is 0 Å². The van der Waals surface area contributed by atoms with Gasteiger partial charge in [0, 0.05) is 13.0 Å². The highest BCUT2D eigenvalue weighted by Crippen LogP contribution is 1.96. The summed E-state index contributed by atoms with van der Waals surface area (Å²) in [6.07, 6.45) is 1.25. The number of aliphatic hydroxyl groups excluding tert-OH is 1. The Morgan fingerprint density at radius 3 is 2.40 bits per heavy atom. The van der Waals surface area contributed by atoms with Crippen LogP contribution in [0.15, 0.2) is 0 Å². The normalized spacial score (nSPS) is 14.3. The first-order chi connectivity index (χ1) is 7.02. The lowest BCUT2D eigenvalue weighted by Gasteiger charge is -2.16. The molecule has 0 aromatic rings. The molecular formula is C9H18N2O4. The van der Waals surface area contributed by atoms with Gasteiger partial charge in [0.1, 0.15) is 6.04 Å². The van der Waals surface area contributed by atoms with E-state index < -0.39 is 24.0 Å². The van der Waals surface area contributed by atoms with E-state index in [9.17, 15) is 9.59 Å². The lowest BCUT2D eigenvalue weighted by Crippen LogP contribution is -2.48. The number of amides is 1. The van der Waals surface area contributed by atoms with Crippen molar-refractivity contribution in [1.29, 1.82) is 0 Å². The summed E-state index contributed by atoms with van der Waals surface area (Å²) in [5, 5.41) is 19.6. The number of carbonyl (C=O) groups is 2. The predicted octanol–water partition coefficient (Wildman–Crippen LogP) is -0.934. The highest BCUT2D eigenvalue weighted by atomic mass is 16.4. The van der Waals surface area contributed by atoms with Crippen LogP contribution in [-0.2, 0) is 9.59 Å². The second-order valence-corrected chi connectivity index (χ2v) is 3.31. The van der Waals surface area contributed by atoms with Crippen molar-refractivity contribution in [2.45, 2.75) is 38.3 Å². The first kappa shape index (κ1) is 13.9. The molecular weight excluding hydrogens is 200 g/mol. The van der Waals surface area contributed by atoms with Gasteiger partial charge in [0.25, 0.3) is 0 Å². The maximum atomic E-state index is 11.3. The standard InChI is InChI=1S/C9H18N2O4/c1-2-3-6(10)8(13)11-7(4-5-12)9(14)15/h6-7,12H,2-5,10H2,1H3,(H,11,13)(H,14,15)/t6-,7-/m0/s1. The number of nitrogens with one attached hydrogen (secondary N) is 1. The molecule has 0 bridgehead atoms. The number of carbonyl (C=O) groups excluding carboxylic acids is 1. The molecule has 0 saturated carbocycles. The van der Waals surface area contributed by atoms with Crippen LogP contribution in [0.1, 0.15) is 26.2 Å². The van der Waals surface area contributed by atoms with Gasteiger partial charge in [-0.3, -0.25) is 4.79 Å². The third-order valence-corrected chi connectivity index (χ3v) is 1.97. The van der Waals surface area contributed by atoms with Gasteiger partial charge in [-0.2, -0.15) is 0 Å². The monoisotopic (exact) mass is 218 g/mol. The van der Waals surface area contributed by atoms with Gasteiger partial charge in [-0.15, -0.1) is 0 Å². The van der Waals surface area contributed by atoms with Gasteiger partial charge in [-0.1, -0.05) is 13.3 Å². The van der Waals surface area contributed by atoms with Crippen LogP contribution < -0.4 is 11.1 Å². The molecule has 0 aliphatic carbocycles. The average Bonchev–Trinajstić information content (AvgIpc) is 2.17. The van der Waals surface area contributed by atoms with E-state index in [2.05, 4.69) is 5.32 Å². The molecule has 6 heteroatoms. The van der Waals surface area contributed by atoms with Crippen molar-refractivity contribution >= 4 is 11.9 Å². The largest absolute Gasteiger partial charge is 0.480 e. The molecule has 88 valence electrons. The number of hydrogen-bond donors (Lipinski definition) is 4. The molecule has 6 nitrogen and oxygen atoms in total. The van der Waals surface area contributed by atoms with Crippen molar-refractivity contribution in [3.8, 4) is 0 Å². The highest BCUT2D eigenvalue weighted by Gasteiger charge is 2.21. The molecule has 15 heavy (non-hydrogen) atoms. The van der Waals surface area contributed by atoms with E-state index in [1.165, 1.54) is 0 Å². The topological polar surface area (TPSA) is 113 Å². The van der Waals surface area contributed by atoms with E-state index in [0.29, 0.717) is 6.42 Å². The summed E-state index contributed by atoms with van der Waals surface area (Å²) in [6, 6.07) is -1.75. The molecule has 0 aliphatic heterocycles. The average molecular weight is 218 g/mol. The molecule has 0 fully saturated rings. The SMILES string of the molecule is CCC[C@H](N)C(=O)N[C@@H](CCO)C(=O)O. The molecule has 0 unspecified atom stereocenters. The molecule has 0 spiro atoms. The Kier molecular flexibility index (Phi) is 6.64. The number of carboxylic acids is 1. The van der Waals surface area contributed by atoms with E-state index in [0.717, 1.165) is 6.42 Å². The summed E-state index contributed by atoms with van der Waals surface area (Å²) in [7, 11) is 0. The van der Waals surface area contributed by atoms with Crippen molar-refractivity contribution in [2.24, 2.45) is 5.73 Å². The number of aliphatic carboxylic acids is 1. The summed E-state index contributed by atoms with van der Waals surface area (Å²) in [4.78, 5) is 22.0. The van der Waals surface area contributed by atoms with Gasteiger partial charge in [-0.25, -0.2) is 4.79 Å². The predicted molar refractivity (Wildman–Crippen MR) is 54.2 cm³/mol. The first-order valence-electron chi connectivity index (χ1n) is 4.92. The zero-order chi connectivity index (χ0) is 11.8. The van der Waals surface area contributed by atoms with Gasteiger partial charge in [-0.05, 0) is 6.42 Å².